The van der Waals surface area contributed by atoms with E-state index in [1.165, 1.54) is 5.56 Å². The highest BCUT2D eigenvalue weighted by Crippen LogP contribution is 2.39. The Bertz CT molecular complexity index is 1020. The van der Waals surface area contributed by atoms with Crippen LogP contribution in [0.3, 0.4) is 0 Å². The summed E-state index contributed by atoms with van der Waals surface area (Å²) >= 11 is 0. The van der Waals surface area contributed by atoms with Crippen molar-refractivity contribution in [1.82, 2.24) is 10.6 Å². The molecule has 4 N–H and O–H groups in total. The summed E-state index contributed by atoms with van der Waals surface area (Å²) in [5, 5.41) is 20.3. The van der Waals surface area contributed by atoms with Gasteiger partial charge in [-0.15, -0.1) is 0 Å². The van der Waals surface area contributed by atoms with E-state index in [1.54, 1.807) is 0 Å². The molecule has 0 saturated heterocycles. The summed E-state index contributed by atoms with van der Waals surface area (Å²) in [7, 11) is 0. The largest absolute Gasteiger partial charge is 0.509 e. The maximum absolute atomic E-state index is 13.0. The van der Waals surface area contributed by atoms with Gasteiger partial charge in [0.25, 0.3) is 11.8 Å². The molecule has 2 aromatic carbocycles. The smallest absolute Gasteiger partial charge is 0.264 e. The van der Waals surface area contributed by atoms with Crippen molar-refractivity contribution in [2.75, 3.05) is 5.32 Å². The predicted octanol–water partition coefficient (Wildman–Crippen LogP) is 4.16. The SMILES string of the molecule is CC(C)c1ccccc1NC(=O)C1=C(O)C2(CCC(NCc3ccccc3)CC2)NC1=O. The summed E-state index contributed by atoms with van der Waals surface area (Å²) in [6.07, 6.45) is 2.80. The van der Waals surface area contributed by atoms with Gasteiger partial charge in [-0.1, -0.05) is 62.4 Å². The summed E-state index contributed by atoms with van der Waals surface area (Å²) < 4.78 is 0. The molecule has 2 aliphatic rings. The Hall–Kier alpha value is -3.12. The molecule has 1 saturated carbocycles. The van der Waals surface area contributed by atoms with Crippen molar-refractivity contribution in [1.29, 1.82) is 0 Å². The molecule has 0 unspecified atom stereocenters. The molecule has 4 rings (SSSR count). The van der Waals surface area contributed by atoms with Gasteiger partial charge in [0.2, 0.25) is 0 Å². The average Bonchev–Trinajstić information content (AvgIpc) is 3.03. The number of hydrogen-bond donors (Lipinski definition) is 4. The summed E-state index contributed by atoms with van der Waals surface area (Å²) in [5.41, 5.74) is 1.87. The van der Waals surface area contributed by atoms with Crippen LogP contribution in [0.4, 0.5) is 5.69 Å². The van der Waals surface area contributed by atoms with Crippen molar-refractivity contribution in [2.24, 2.45) is 0 Å². The first kappa shape index (κ1) is 22.1. The van der Waals surface area contributed by atoms with Gasteiger partial charge in [-0.05, 0) is 48.8 Å². The van der Waals surface area contributed by atoms with Crippen LogP contribution in [0.5, 0.6) is 0 Å². The molecule has 0 bridgehead atoms. The Balaban J connectivity index is 1.43. The minimum absolute atomic E-state index is 0.122. The molecule has 168 valence electrons. The topological polar surface area (TPSA) is 90.5 Å². The normalized spacial score (nSPS) is 23.0. The quantitative estimate of drug-likeness (QED) is 0.515. The zero-order valence-corrected chi connectivity index (χ0v) is 18.7. The fourth-order valence-electron chi connectivity index (χ4n) is 4.73. The highest BCUT2D eigenvalue weighted by atomic mass is 16.3. The number of aliphatic hydroxyl groups excluding tert-OH is 1. The van der Waals surface area contributed by atoms with Crippen LogP contribution in [-0.4, -0.2) is 28.5 Å². The Morgan fingerprint density at radius 1 is 1.09 bits per heavy atom. The van der Waals surface area contributed by atoms with Gasteiger partial charge >= 0.3 is 0 Å². The lowest BCUT2D eigenvalue weighted by Gasteiger charge is -2.37. The number of nitrogens with one attached hydrogen (secondary N) is 3. The second-order valence-corrected chi connectivity index (χ2v) is 9.10. The fraction of sp³-hybridized carbons (Fsp3) is 0.385. The molecule has 1 spiro atoms. The molecular formula is C26H31N3O3. The molecule has 0 aromatic heterocycles. The average molecular weight is 434 g/mol. The molecule has 32 heavy (non-hydrogen) atoms. The third-order valence-corrected chi connectivity index (χ3v) is 6.60. The minimum Gasteiger partial charge on any atom is -0.509 e. The molecule has 1 aliphatic heterocycles. The number of carbonyl (C=O) groups excluding carboxylic acids is 2. The Morgan fingerprint density at radius 2 is 1.75 bits per heavy atom. The standard InChI is InChI=1S/C26H31N3O3/c1-17(2)20-10-6-7-11-21(20)28-24(31)22-23(30)26(29-25(22)32)14-12-19(13-15-26)27-16-18-8-4-3-5-9-18/h3-11,17,19,27,30H,12-16H2,1-2H3,(H,28,31)(H,29,32). The number of benzene rings is 2. The third-order valence-electron chi connectivity index (χ3n) is 6.60. The second kappa shape index (κ2) is 9.17. The van der Waals surface area contributed by atoms with Gasteiger partial charge in [-0.3, -0.25) is 9.59 Å². The number of aliphatic hydroxyl groups is 1. The van der Waals surface area contributed by atoms with Crippen molar-refractivity contribution in [3.63, 3.8) is 0 Å². The lowest BCUT2D eigenvalue weighted by Crippen LogP contribution is -2.50. The van der Waals surface area contributed by atoms with Crippen molar-refractivity contribution >= 4 is 17.5 Å². The van der Waals surface area contributed by atoms with E-state index in [9.17, 15) is 14.7 Å². The van der Waals surface area contributed by atoms with Crippen LogP contribution in [0.2, 0.25) is 0 Å². The molecule has 2 aromatic rings. The lowest BCUT2D eigenvalue weighted by atomic mass is 9.78. The molecule has 1 aliphatic carbocycles. The van der Waals surface area contributed by atoms with Crippen LogP contribution in [0.1, 0.15) is 56.6 Å². The number of amides is 2. The molecule has 2 amide bonds. The van der Waals surface area contributed by atoms with Crippen molar-refractivity contribution < 1.29 is 14.7 Å². The van der Waals surface area contributed by atoms with Crippen LogP contribution in [0, 0.1) is 0 Å². The van der Waals surface area contributed by atoms with Gasteiger partial charge in [0, 0.05) is 18.3 Å². The monoisotopic (exact) mass is 433 g/mol. The molecule has 0 atom stereocenters. The highest BCUT2D eigenvalue weighted by Gasteiger charge is 2.49. The van der Waals surface area contributed by atoms with E-state index in [-0.39, 0.29) is 17.3 Å². The number of para-hydroxylation sites is 1. The van der Waals surface area contributed by atoms with Crippen LogP contribution < -0.4 is 16.0 Å². The van der Waals surface area contributed by atoms with Crippen LogP contribution in [0.15, 0.2) is 65.9 Å². The van der Waals surface area contributed by atoms with Gasteiger partial charge in [0.15, 0.2) is 0 Å². The van der Waals surface area contributed by atoms with Gasteiger partial charge in [0.1, 0.15) is 11.3 Å². The first-order chi connectivity index (χ1) is 15.4. The van der Waals surface area contributed by atoms with E-state index in [4.69, 9.17) is 0 Å². The maximum atomic E-state index is 13.0. The van der Waals surface area contributed by atoms with Crippen molar-refractivity contribution in [3.8, 4) is 0 Å². The summed E-state index contributed by atoms with van der Waals surface area (Å²) in [4.78, 5) is 25.7. The lowest BCUT2D eigenvalue weighted by molar-refractivity contribution is -0.121. The Morgan fingerprint density at radius 3 is 2.44 bits per heavy atom. The third kappa shape index (κ3) is 4.41. The van der Waals surface area contributed by atoms with Gasteiger partial charge in [0.05, 0.1) is 5.54 Å². The summed E-state index contributed by atoms with van der Waals surface area (Å²) in [6, 6.07) is 18.1. The Labute approximate surface area is 189 Å². The van der Waals surface area contributed by atoms with Crippen LogP contribution in [-0.2, 0) is 16.1 Å². The summed E-state index contributed by atoms with van der Waals surface area (Å²) in [5.74, 6) is -0.966. The molecular weight excluding hydrogens is 402 g/mol. The van der Waals surface area contributed by atoms with Crippen LogP contribution >= 0.6 is 0 Å². The van der Waals surface area contributed by atoms with Crippen molar-refractivity contribution in [3.05, 3.63) is 77.1 Å². The maximum Gasteiger partial charge on any atom is 0.264 e. The molecule has 1 heterocycles. The molecule has 0 radical (unpaired) electrons. The predicted molar refractivity (Wildman–Crippen MR) is 125 cm³/mol. The van der Waals surface area contributed by atoms with E-state index in [2.05, 4.69) is 28.1 Å². The molecule has 6 nitrogen and oxygen atoms in total. The minimum atomic E-state index is -0.841. The van der Waals surface area contributed by atoms with E-state index >= 15 is 0 Å². The first-order valence-electron chi connectivity index (χ1n) is 11.3. The zero-order chi connectivity index (χ0) is 22.7. The summed E-state index contributed by atoms with van der Waals surface area (Å²) in [6.45, 7) is 4.88. The number of rotatable bonds is 6. The Kier molecular flexibility index (Phi) is 6.33. The number of carbonyl (C=O) groups is 2. The molecule has 1 fully saturated rings. The van der Waals surface area contributed by atoms with E-state index < -0.39 is 17.4 Å². The number of hydrogen-bond acceptors (Lipinski definition) is 4. The zero-order valence-electron chi connectivity index (χ0n) is 18.7. The van der Waals surface area contributed by atoms with E-state index in [0.717, 1.165) is 24.9 Å². The van der Waals surface area contributed by atoms with Gasteiger partial charge < -0.3 is 21.1 Å². The molecule has 6 heteroatoms. The number of anilines is 1. The highest BCUT2D eigenvalue weighted by molar-refractivity contribution is 6.25. The van der Waals surface area contributed by atoms with Gasteiger partial charge in [-0.2, -0.15) is 0 Å². The van der Waals surface area contributed by atoms with Gasteiger partial charge in [-0.25, -0.2) is 0 Å². The fourth-order valence-corrected chi connectivity index (χ4v) is 4.73. The van der Waals surface area contributed by atoms with Crippen molar-refractivity contribution in [2.45, 2.75) is 63.6 Å². The van der Waals surface area contributed by atoms with E-state index in [1.807, 2.05) is 56.3 Å². The van der Waals surface area contributed by atoms with E-state index in [0.29, 0.717) is 24.6 Å². The first-order valence-corrected chi connectivity index (χ1v) is 11.3. The second-order valence-electron chi connectivity index (χ2n) is 9.10. The van der Waals surface area contributed by atoms with Crippen LogP contribution in [0.25, 0.3) is 0 Å².